The van der Waals surface area contributed by atoms with Crippen molar-refractivity contribution in [2.24, 2.45) is 0 Å². The van der Waals surface area contributed by atoms with Gasteiger partial charge in [-0.3, -0.25) is 0 Å². The van der Waals surface area contributed by atoms with Crippen LogP contribution >= 0.6 is 0 Å². The smallest absolute Gasteiger partial charge is 0.160 e. The molecule has 0 aromatic heterocycles. The van der Waals surface area contributed by atoms with Gasteiger partial charge in [-0.25, -0.2) is 0 Å². The molecule has 1 fully saturated rings. The lowest BCUT2D eigenvalue weighted by atomic mass is 10.00. The van der Waals surface area contributed by atoms with Gasteiger partial charge in [-0.2, -0.15) is 0 Å². The molecule has 12 heavy (non-hydrogen) atoms. The summed E-state index contributed by atoms with van der Waals surface area (Å²) in [5, 5.41) is 18.8. The summed E-state index contributed by atoms with van der Waals surface area (Å²) in [5.74, 6) is 0. The van der Waals surface area contributed by atoms with Crippen molar-refractivity contribution in [3.8, 4) is 0 Å². The molecule has 4 nitrogen and oxygen atoms in total. The Morgan fingerprint density at radius 2 is 2.17 bits per heavy atom. The Kier molecular flexibility index (Phi) is 3.46. The lowest BCUT2D eigenvalue weighted by molar-refractivity contribution is -0.242. The number of hydrogen-bond acceptors (Lipinski definition) is 4. The molecule has 0 saturated carbocycles. The van der Waals surface area contributed by atoms with E-state index in [1.54, 1.807) is 0 Å². The fraction of sp³-hybridized carbons (Fsp3) is 1.00. The molecule has 4 heteroatoms. The highest BCUT2D eigenvalue weighted by Gasteiger charge is 2.35. The van der Waals surface area contributed by atoms with E-state index in [0.717, 1.165) is 0 Å². The maximum atomic E-state index is 9.42. The molecule has 1 aliphatic heterocycles. The molecule has 0 amide bonds. The largest absolute Gasteiger partial charge is 0.390 e. The van der Waals surface area contributed by atoms with E-state index < -0.39 is 12.2 Å². The fourth-order valence-corrected chi connectivity index (χ4v) is 1.40. The summed E-state index contributed by atoms with van der Waals surface area (Å²) in [5.41, 5.74) is 0. The summed E-state index contributed by atoms with van der Waals surface area (Å²) in [4.78, 5) is 0. The van der Waals surface area contributed by atoms with Crippen molar-refractivity contribution in [1.29, 1.82) is 0 Å². The molecular weight excluding hydrogens is 160 g/mol. The van der Waals surface area contributed by atoms with Crippen LogP contribution in [0.2, 0.25) is 0 Å². The maximum Gasteiger partial charge on any atom is 0.160 e. The predicted molar refractivity (Wildman–Crippen MR) is 42.6 cm³/mol. The summed E-state index contributed by atoms with van der Waals surface area (Å²) < 4.78 is 10.3. The first-order valence-electron chi connectivity index (χ1n) is 4.23. The van der Waals surface area contributed by atoms with E-state index in [1.807, 2.05) is 6.92 Å². The van der Waals surface area contributed by atoms with E-state index >= 15 is 0 Å². The van der Waals surface area contributed by atoms with Crippen LogP contribution in [-0.2, 0) is 9.47 Å². The van der Waals surface area contributed by atoms with Gasteiger partial charge in [0.25, 0.3) is 0 Å². The Labute approximate surface area is 72.1 Å². The molecule has 1 saturated heterocycles. The molecule has 0 bridgehead atoms. The highest BCUT2D eigenvalue weighted by atomic mass is 16.7. The second kappa shape index (κ2) is 4.18. The highest BCUT2D eigenvalue weighted by Crippen LogP contribution is 2.22. The molecule has 1 rings (SSSR count). The van der Waals surface area contributed by atoms with Crippen LogP contribution in [0.5, 0.6) is 0 Å². The average molecular weight is 176 g/mol. The van der Waals surface area contributed by atoms with Gasteiger partial charge < -0.3 is 19.7 Å². The van der Waals surface area contributed by atoms with Gasteiger partial charge in [0, 0.05) is 13.5 Å². The molecule has 1 heterocycles. The monoisotopic (exact) mass is 176 g/mol. The Hall–Kier alpha value is -0.160. The Bertz CT molecular complexity index is 139. The highest BCUT2D eigenvalue weighted by molar-refractivity contribution is 4.81. The van der Waals surface area contributed by atoms with Crippen LogP contribution in [0.15, 0.2) is 0 Å². The lowest BCUT2D eigenvalue weighted by Crippen LogP contribution is -2.48. The average Bonchev–Trinajstić information content (AvgIpc) is 2.09. The van der Waals surface area contributed by atoms with Crippen molar-refractivity contribution >= 4 is 0 Å². The number of aliphatic hydroxyl groups is 2. The number of aliphatic hydroxyl groups excluding tert-OH is 2. The van der Waals surface area contributed by atoms with Crippen LogP contribution in [-0.4, -0.2) is 41.9 Å². The molecule has 0 aromatic rings. The normalized spacial score (nSPS) is 43.0. The van der Waals surface area contributed by atoms with E-state index in [0.29, 0.717) is 12.8 Å². The zero-order chi connectivity index (χ0) is 9.14. The second-order valence-electron chi connectivity index (χ2n) is 3.04. The number of methoxy groups -OCH3 is 1. The minimum Gasteiger partial charge on any atom is -0.390 e. The van der Waals surface area contributed by atoms with Crippen LogP contribution in [0.3, 0.4) is 0 Å². The molecule has 0 radical (unpaired) electrons. The minimum atomic E-state index is -0.776. The number of rotatable bonds is 2. The summed E-state index contributed by atoms with van der Waals surface area (Å²) in [6, 6.07) is 0. The Morgan fingerprint density at radius 3 is 2.67 bits per heavy atom. The second-order valence-corrected chi connectivity index (χ2v) is 3.04. The summed E-state index contributed by atoms with van der Waals surface area (Å²) in [7, 11) is 1.53. The third-order valence-electron chi connectivity index (χ3n) is 2.20. The van der Waals surface area contributed by atoms with Crippen molar-refractivity contribution in [3.63, 3.8) is 0 Å². The summed E-state index contributed by atoms with van der Waals surface area (Å²) >= 11 is 0. The van der Waals surface area contributed by atoms with Gasteiger partial charge >= 0.3 is 0 Å². The molecule has 0 spiro atoms. The molecule has 0 aromatic carbocycles. The third kappa shape index (κ3) is 1.95. The standard InChI is InChI=1S/C8H16O4/c1-3-6-8(10)5(9)4-7(11-2)12-6/h5-10H,3-4H2,1-2H3/t5?,6?,7-,8-/m1/s1. The molecule has 1 aliphatic rings. The van der Waals surface area contributed by atoms with Crippen molar-refractivity contribution in [3.05, 3.63) is 0 Å². The van der Waals surface area contributed by atoms with Crippen LogP contribution < -0.4 is 0 Å². The Balaban J connectivity index is 2.52. The van der Waals surface area contributed by atoms with E-state index in [9.17, 15) is 10.2 Å². The number of hydrogen-bond donors (Lipinski definition) is 2. The van der Waals surface area contributed by atoms with E-state index in [4.69, 9.17) is 9.47 Å². The SMILES string of the molecule is CCC1O[C@@H](OC)CC(O)[C@H]1O. The molecular formula is C8H16O4. The van der Waals surface area contributed by atoms with Crippen molar-refractivity contribution in [1.82, 2.24) is 0 Å². The maximum absolute atomic E-state index is 9.42. The zero-order valence-corrected chi connectivity index (χ0v) is 7.43. The number of ether oxygens (including phenoxy) is 2. The first-order valence-corrected chi connectivity index (χ1v) is 4.23. The van der Waals surface area contributed by atoms with Gasteiger partial charge in [-0.05, 0) is 6.42 Å². The third-order valence-corrected chi connectivity index (χ3v) is 2.20. The van der Waals surface area contributed by atoms with Gasteiger partial charge in [-0.1, -0.05) is 6.92 Å². The lowest BCUT2D eigenvalue weighted by Gasteiger charge is -2.35. The van der Waals surface area contributed by atoms with Crippen molar-refractivity contribution in [2.75, 3.05) is 7.11 Å². The molecule has 72 valence electrons. The van der Waals surface area contributed by atoms with Gasteiger partial charge in [0.15, 0.2) is 6.29 Å². The molecule has 2 N–H and O–H groups in total. The minimum absolute atomic E-state index is 0.307. The molecule has 4 atom stereocenters. The van der Waals surface area contributed by atoms with Gasteiger partial charge in [0.2, 0.25) is 0 Å². The predicted octanol–water partition coefficient (Wildman–Crippen LogP) is -0.120. The molecule has 2 unspecified atom stereocenters. The van der Waals surface area contributed by atoms with Gasteiger partial charge in [0.1, 0.15) is 6.10 Å². The van der Waals surface area contributed by atoms with Crippen molar-refractivity contribution < 1.29 is 19.7 Å². The van der Waals surface area contributed by atoms with Gasteiger partial charge in [-0.15, -0.1) is 0 Å². The Morgan fingerprint density at radius 1 is 1.50 bits per heavy atom. The van der Waals surface area contributed by atoms with Crippen molar-refractivity contribution in [2.45, 2.75) is 44.4 Å². The first kappa shape index (κ1) is 9.92. The first-order chi connectivity index (χ1) is 5.69. The quantitative estimate of drug-likeness (QED) is 0.616. The van der Waals surface area contributed by atoms with E-state index in [2.05, 4.69) is 0 Å². The van der Waals surface area contributed by atoms with Crippen LogP contribution in [0.4, 0.5) is 0 Å². The van der Waals surface area contributed by atoms with Gasteiger partial charge in [0.05, 0.1) is 12.2 Å². The fourth-order valence-electron chi connectivity index (χ4n) is 1.40. The van der Waals surface area contributed by atoms with Crippen LogP contribution in [0.1, 0.15) is 19.8 Å². The van der Waals surface area contributed by atoms with Crippen LogP contribution in [0.25, 0.3) is 0 Å². The van der Waals surface area contributed by atoms with Crippen LogP contribution in [0, 0.1) is 0 Å². The summed E-state index contributed by atoms with van der Waals surface area (Å²) in [6.45, 7) is 1.90. The van der Waals surface area contributed by atoms with E-state index in [1.165, 1.54) is 7.11 Å². The molecule has 0 aliphatic carbocycles. The topological polar surface area (TPSA) is 58.9 Å². The summed E-state index contributed by atoms with van der Waals surface area (Å²) in [6.07, 6.45) is -1.17. The van der Waals surface area contributed by atoms with E-state index in [-0.39, 0.29) is 12.4 Å². The zero-order valence-electron chi connectivity index (χ0n) is 7.43.